The van der Waals surface area contributed by atoms with Crippen LogP contribution in [0.3, 0.4) is 0 Å². The largest absolute Gasteiger partial charge is 0.496 e. The van der Waals surface area contributed by atoms with E-state index in [1.165, 1.54) is 0 Å². The van der Waals surface area contributed by atoms with Crippen molar-refractivity contribution in [3.05, 3.63) is 59.2 Å². The van der Waals surface area contributed by atoms with E-state index in [0.717, 1.165) is 36.3 Å². The number of hydrogen-bond acceptors (Lipinski definition) is 4. The summed E-state index contributed by atoms with van der Waals surface area (Å²) in [5.41, 5.74) is 2.56. The van der Waals surface area contributed by atoms with Crippen molar-refractivity contribution in [1.82, 2.24) is 5.32 Å². The smallest absolute Gasteiger partial charge is 0.251 e. The van der Waals surface area contributed by atoms with Gasteiger partial charge in [0.2, 0.25) is 0 Å². The molecule has 1 heterocycles. The van der Waals surface area contributed by atoms with Gasteiger partial charge in [-0.25, -0.2) is 0 Å². The summed E-state index contributed by atoms with van der Waals surface area (Å²) in [5.74, 6) is 1.38. The average Bonchev–Trinajstić information content (AvgIpc) is 3.18. The maximum atomic E-state index is 12.4. The van der Waals surface area contributed by atoms with Crippen molar-refractivity contribution in [2.75, 3.05) is 20.3 Å². The fourth-order valence-corrected chi connectivity index (χ4v) is 3.01. The SMILES string of the molecule is COc1ccc(C(=O)NCC2CCCO2)cc1COc1cccc(C)c1. The number of rotatable bonds is 7. The highest BCUT2D eigenvalue weighted by atomic mass is 16.5. The number of methoxy groups -OCH3 is 1. The Morgan fingerprint density at radius 2 is 2.15 bits per heavy atom. The summed E-state index contributed by atoms with van der Waals surface area (Å²) in [5, 5.41) is 2.94. The molecule has 5 nitrogen and oxygen atoms in total. The molecular formula is C21H25NO4. The Balaban J connectivity index is 1.66. The lowest BCUT2D eigenvalue weighted by atomic mass is 10.1. The number of nitrogens with one attached hydrogen (secondary N) is 1. The van der Waals surface area contributed by atoms with Crippen LogP contribution in [0.15, 0.2) is 42.5 Å². The van der Waals surface area contributed by atoms with Crippen LogP contribution in [0.25, 0.3) is 0 Å². The molecule has 1 aliphatic heterocycles. The molecule has 1 saturated heterocycles. The van der Waals surface area contributed by atoms with Crippen molar-refractivity contribution < 1.29 is 19.0 Å². The second kappa shape index (κ2) is 8.72. The summed E-state index contributed by atoms with van der Waals surface area (Å²) in [6.45, 7) is 3.68. The minimum Gasteiger partial charge on any atom is -0.496 e. The first-order chi connectivity index (χ1) is 12.7. The van der Waals surface area contributed by atoms with Gasteiger partial charge < -0.3 is 19.5 Å². The molecule has 0 aromatic heterocycles. The molecule has 26 heavy (non-hydrogen) atoms. The van der Waals surface area contributed by atoms with Crippen LogP contribution in [-0.4, -0.2) is 32.3 Å². The van der Waals surface area contributed by atoms with Crippen molar-refractivity contribution >= 4 is 5.91 Å². The third-order valence-corrected chi connectivity index (χ3v) is 4.44. The van der Waals surface area contributed by atoms with Gasteiger partial charge in [-0.15, -0.1) is 0 Å². The van der Waals surface area contributed by atoms with E-state index in [9.17, 15) is 4.79 Å². The molecule has 3 rings (SSSR count). The first-order valence-corrected chi connectivity index (χ1v) is 8.92. The zero-order chi connectivity index (χ0) is 18.4. The number of carbonyl (C=O) groups is 1. The van der Waals surface area contributed by atoms with Crippen LogP contribution >= 0.6 is 0 Å². The highest BCUT2D eigenvalue weighted by Gasteiger charge is 2.17. The summed E-state index contributed by atoms with van der Waals surface area (Å²) >= 11 is 0. The number of hydrogen-bond donors (Lipinski definition) is 1. The summed E-state index contributed by atoms with van der Waals surface area (Å²) in [7, 11) is 1.61. The topological polar surface area (TPSA) is 56.8 Å². The molecular weight excluding hydrogens is 330 g/mol. The van der Waals surface area contributed by atoms with Crippen LogP contribution in [0, 0.1) is 6.92 Å². The summed E-state index contributed by atoms with van der Waals surface area (Å²) < 4.78 is 16.8. The Morgan fingerprint density at radius 1 is 1.27 bits per heavy atom. The van der Waals surface area contributed by atoms with Gasteiger partial charge in [0.1, 0.15) is 18.1 Å². The molecule has 0 aliphatic carbocycles. The molecule has 1 aliphatic rings. The molecule has 5 heteroatoms. The Hall–Kier alpha value is -2.53. The summed E-state index contributed by atoms with van der Waals surface area (Å²) in [6.07, 6.45) is 2.18. The van der Waals surface area contributed by atoms with Gasteiger partial charge >= 0.3 is 0 Å². The molecule has 1 N–H and O–H groups in total. The maximum Gasteiger partial charge on any atom is 0.251 e. The Kier molecular flexibility index (Phi) is 6.12. The molecule has 0 saturated carbocycles. The second-order valence-corrected chi connectivity index (χ2v) is 6.48. The van der Waals surface area contributed by atoms with Gasteiger partial charge in [0.25, 0.3) is 5.91 Å². The number of carbonyl (C=O) groups excluding carboxylic acids is 1. The fourth-order valence-electron chi connectivity index (χ4n) is 3.01. The fraction of sp³-hybridized carbons (Fsp3) is 0.381. The number of benzene rings is 2. The Labute approximate surface area is 154 Å². The average molecular weight is 355 g/mol. The lowest BCUT2D eigenvalue weighted by molar-refractivity contribution is 0.0857. The van der Waals surface area contributed by atoms with Crippen LogP contribution in [0.4, 0.5) is 0 Å². The normalized spacial score (nSPS) is 16.3. The first kappa shape index (κ1) is 18.3. The van der Waals surface area contributed by atoms with E-state index >= 15 is 0 Å². The minimum atomic E-state index is -0.111. The molecule has 1 fully saturated rings. The third kappa shape index (κ3) is 4.76. The summed E-state index contributed by atoms with van der Waals surface area (Å²) in [6, 6.07) is 13.3. The highest BCUT2D eigenvalue weighted by Crippen LogP contribution is 2.23. The van der Waals surface area contributed by atoms with Crippen molar-refractivity contribution in [3.8, 4) is 11.5 Å². The standard InChI is InChI=1S/C21H25NO4/c1-15-5-3-6-18(11-15)26-14-17-12-16(8-9-20(17)24-2)21(23)22-13-19-7-4-10-25-19/h3,5-6,8-9,11-12,19H,4,7,10,13-14H2,1-2H3,(H,22,23). The molecule has 2 aromatic rings. The molecule has 1 atom stereocenters. The van der Waals surface area contributed by atoms with Crippen LogP contribution in [-0.2, 0) is 11.3 Å². The van der Waals surface area contributed by atoms with Crippen LogP contribution in [0.5, 0.6) is 11.5 Å². The van der Waals surface area contributed by atoms with Gasteiger partial charge in [-0.2, -0.15) is 0 Å². The van der Waals surface area contributed by atoms with Crippen molar-refractivity contribution in [3.63, 3.8) is 0 Å². The number of aryl methyl sites for hydroxylation is 1. The van der Waals surface area contributed by atoms with E-state index in [-0.39, 0.29) is 12.0 Å². The highest BCUT2D eigenvalue weighted by molar-refractivity contribution is 5.94. The predicted octanol–water partition coefficient (Wildman–Crippen LogP) is 3.49. The van der Waals surface area contributed by atoms with E-state index < -0.39 is 0 Å². The molecule has 138 valence electrons. The molecule has 2 aromatic carbocycles. The van der Waals surface area contributed by atoms with E-state index in [0.29, 0.717) is 24.5 Å². The molecule has 0 bridgehead atoms. The molecule has 1 amide bonds. The predicted molar refractivity (Wildman–Crippen MR) is 99.8 cm³/mol. The molecule has 0 radical (unpaired) electrons. The zero-order valence-corrected chi connectivity index (χ0v) is 15.3. The lowest BCUT2D eigenvalue weighted by Crippen LogP contribution is -2.31. The van der Waals surface area contributed by atoms with Gasteiger partial charge in [0, 0.05) is 24.3 Å². The zero-order valence-electron chi connectivity index (χ0n) is 15.3. The van der Waals surface area contributed by atoms with E-state index in [2.05, 4.69) is 5.32 Å². The van der Waals surface area contributed by atoms with Gasteiger partial charge in [0.05, 0.1) is 13.2 Å². The van der Waals surface area contributed by atoms with Crippen molar-refractivity contribution in [1.29, 1.82) is 0 Å². The third-order valence-electron chi connectivity index (χ3n) is 4.44. The van der Waals surface area contributed by atoms with Crippen molar-refractivity contribution in [2.24, 2.45) is 0 Å². The Morgan fingerprint density at radius 3 is 2.88 bits per heavy atom. The van der Waals surface area contributed by atoms with Gasteiger partial charge in [-0.1, -0.05) is 12.1 Å². The number of amides is 1. The van der Waals surface area contributed by atoms with Gasteiger partial charge in [0.15, 0.2) is 0 Å². The van der Waals surface area contributed by atoms with E-state index in [4.69, 9.17) is 14.2 Å². The molecule has 1 unspecified atom stereocenters. The van der Waals surface area contributed by atoms with E-state index in [1.54, 1.807) is 19.2 Å². The van der Waals surface area contributed by atoms with Crippen LogP contribution in [0.2, 0.25) is 0 Å². The first-order valence-electron chi connectivity index (χ1n) is 8.92. The van der Waals surface area contributed by atoms with Crippen LogP contribution < -0.4 is 14.8 Å². The summed E-state index contributed by atoms with van der Waals surface area (Å²) in [4.78, 5) is 12.4. The Bertz CT molecular complexity index is 753. The quantitative estimate of drug-likeness (QED) is 0.826. The molecule has 0 spiro atoms. The minimum absolute atomic E-state index is 0.111. The monoisotopic (exact) mass is 355 g/mol. The maximum absolute atomic E-state index is 12.4. The number of ether oxygens (including phenoxy) is 3. The second-order valence-electron chi connectivity index (χ2n) is 6.48. The lowest BCUT2D eigenvalue weighted by Gasteiger charge is -2.14. The van der Waals surface area contributed by atoms with Crippen molar-refractivity contribution in [2.45, 2.75) is 32.5 Å². The van der Waals surface area contributed by atoms with Gasteiger partial charge in [-0.05, 0) is 55.7 Å². The van der Waals surface area contributed by atoms with E-state index in [1.807, 2.05) is 37.3 Å². The van der Waals surface area contributed by atoms with Gasteiger partial charge in [-0.3, -0.25) is 4.79 Å². The van der Waals surface area contributed by atoms with Crippen LogP contribution in [0.1, 0.15) is 34.3 Å².